The lowest BCUT2D eigenvalue weighted by Crippen LogP contribution is -2.50. The molecule has 3 aromatic rings. The van der Waals surface area contributed by atoms with Gasteiger partial charge in [-0.2, -0.15) is 9.78 Å². The summed E-state index contributed by atoms with van der Waals surface area (Å²) in [4.78, 5) is 53.6. The Hall–Kier alpha value is -4.34. The quantitative estimate of drug-likeness (QED) is 0.315. The molecule has 2 aromatic carbocycles. The molecular formula is C30H33FN4O5. The van der Waals surface area contributed by atoms with Crippen molar-refractivity contribution in [2.75, 3.05) is 26.2 Å². The maximum atomic E-state index is 14.8. The van der Waals surface area contributed by atoms with Crippen LogP contribution in [0.3, 0.4) is 0 Å². The van der Waals surface area contributed by atoms with Crippen LogP contribution in [0, 0.1) is 5.82 Å². The lowest BCUT2D eigenvalue weighted by Gasteiger charge is -2.34. The summed E-state index contributed by atoms with van der Waals surface area (Å²) in [6.45, 7) is 6.59. The van der Waals surface area contributed by atoms with Crippen LogP contribution in [-0.4, -0.2) is 63.5 Å². The number of fused-ring (bicyclic) bond motifs is 1. The Kier molecular flexibility index (Phi) is 9.08. The van der Waals surface area contributed by atoms with Crippen LogP contribution in [-0.2, 0) is 27.5 Å². The molecule has 0 bridgehead atoms. The average molecular weight is 549 g/mol. The van der Waals surface area contributed by atoms with E-state index in [1.807, 2.05) is 20.8 Å². The maximum absolute atomic E-state index is 14.8. The highest BCUT2D eigenvalue weighted by Crippen LogP contribution is 2.20. The first-order valence-corrected chi connectivity index (χ1v) is 13.3. The van der Waals surface area contributed by atoms with Crippen LogP contribution < -0.4 is 5.56 Å². The molecule has 40 heavy (non-hydrogen) atoms. The van der Waals surface area contributed by atoms with Gasteiger partial charge in [-0.1, -0.05) is 36.8 Å². The number of nitrogens with zero attached hydrogens (tertiary/aromatic N) is 4. The first kappa shape index (κ1) is 28.7. The SMILES string of the molecule is CCCC(=O)OCn1nc(Cc2ccc(F)c(C(=O)N3CCN(C(=O)C=C(C)C)CC3)c2)c2ccccc2c1=O. The lowest BCUT2D eigenvalue weighted by atomic mass is 10.0. The molecule has 4 rings (SSSR count). The van der Waals surface area contributed by atoms with E-state index in [2.05, 4.69) is 5.10 Å². The second-order valence-electron chi connectivity index (χ2n) is 10.0. The van der Waals surface area contributed by atoms with Gasteiger partial charge in [0.15, 0.2) is 6.73 Å². The minimum absolute atomic E-state index is 0.0623. The van der Waals surface area contributed by atoms with Gasteiger partial charge in [0, 0.05) is 50.5 Å². The number of halogens is 1. The highest BCUT2D eigenvalue weighted by molar-refractivity contribution is 5.95. The van der Waals surface area contributed by atoms with Crippen molar-refractivity contribution < 1.29 is 23.5 Å². The Balaban J connectivity index is 1.56. The van der Waals surface area contributed by atoms with Crippen LogP contribution >= 0.6 is 0 Å². The van der Waals surface area contributed by atoms with E-state index in [-0.39, 0.29) is 36.6 Å². The minimum atomic E-state index is -0.637. The molecule has 1 saturated heterocycles. The molecule has 1 aliphatic heterocycles. The number of esters is 1. The van der Waals surface area contributed by atoms with Crippen molar-refractivity contribution in [3.05, 3.63) is 87.1 Å². The van der Waals surface area contributed by atoms with Gasteiger partial charge in [-0.3, -0.25) is 19.2 Å². The molecule has 0 spiro atoms. The fraction of sp³-hybridized carbons (Fsp3) is 0.367. The van der Waals surface area contributed by atoms with Crippen molar-refractivity contribution in [2.24, 2.45) is 0 Å². The van der Waals surface area contributed by atoms with E-state index in [0.29, 0.717) is 54.6 Å². The van der Waals surface area contributed by atoms with Crippen LogP contribution in [0.1, 0.15) is 55.2 Å². The van der Waals surface area contributed by atoms with Gasteiger partial charge >= 0.3 is 5.97 Å². The number of allylic oxidation sites excluding steroid dienone is 1. The number of amides is 2. The van der Waals surface area contributed by atoms with Gasteiger partial charge in [0.25, 0.3) is 11.5 Å². The van der Waals surface area contributed by atoms with Crippen molar-refractivity contribution in [1.29, 1.82) is 0 Å². The van der Waals surface area contributed by atoms with E-state index < -0.39 is 17.7 Å². The first-order valence-electron chi connectivity index (χ1n) is 13.3. The van der Waals surface area contributed by atoms with Gasteiger partial charge < -0.3 is 14.5 Å². The van der Waals surface area contributed by atoms with Crippen LogP contribution in [0.4, 0.5) is 4.39 Å². The Morgan fingerprint density at radius 2 is 1.68 bits per heavy atom. The molecule has 10 heteroatoms. The number of hydrogen-bond acceptors (Lipinski definition) is 6. The highest BCUT2D eigenvalue weighted by atomic mass is 19.1. The van der Waals surface area contributed by atoms with Crippen LogP contribution in [0.5, 0.6) is 0 Å². The number of ether oxygens (including phenoxy) is 1. The molecule has 2 heterocycles. The third-order valence-electron chi connectivity index (χ3n) is 6.67. The topological polar surface area (TPSA) is 102 Å². The Morgan fingerprint density at radius 3 is 2.35 bits per heavy atom. The fourth-order valence-corrected chi connectivity index (χ4v) is 4.61. The summed E-state index contributed by atoms with van der Waals surface area (Å²) in [5, 5.41) is 5.49. The number of carbonyl (C=O) groups excluding carboxylic acids is 3. The second-order valence-corrected chi connectivity index (χ2v) is 10.0. The zero-order valence-electron chi connectivity index (χ0n) is 23.0. The van der Waals surface area contributed by atoms with Crippen molar-refractivity contribution in [3.8, 4) is 0 Å². The molecular weight excluding hydrogens is 515 g/mol. The number of carbonyl (C=O) groups is 3. The third-order valence-corrected chi connectivity index (χ3v) is 6.67. The van der Waals surface area contributed by atoms with E-state index >= 15 is 0 Å². The van der Waals surface area contributed by atoms with Crippen LogP contribution in [0.15, 0.2) is 58.9 Å². The molecule has 210 valence electrons. The fourth-order valence-electron chi connectivity index (χ4n) is 4.61. The van der Waals surface area contributed by atoms with Crippen molar-refractivity contribution in [3.63, 3.8) is 0 Å². The average Bonchev–Trinajstić information content (AvgIpc) is 2.94. The van der Waals surface area contributed by atoms with Gasteiger partial charge in [-0.25, -0.2) is 4.39 Å². The molecule has 0 atom stereocenters. The summed E-state index contributed by atoms with van der Waals surface area (Å²) < 4.78 is 21.2. The summed E-state index contributed by atoms with van der Waals surface area (Å²) in [5.74, 6) is -1.60. The minimum Gasteiger partial charge on any atom is -0.442 e. The largest absolute Gasteiger partial charge is 0.442 e. The Morgan fingerprint density at radius 1 is 1.00 bits per heavy atom. The molecule has 0 radical (unpaired) electrons. The summed E-state index contributed by atoms with van der Waals surface area (Å²) in [5.41, 5.74) is 1.61. The molecule has 1 aromatic heterocycles. The Bertz CT molecular complexity index is 1520. The molecule has 1 fully saturated rings. The van der Waals surface area contributed by atoms with Crippen LogP contribution in [0.25, 0.3) is 10.8 Å². The second kappa shape index (κ2) is 12.7. The van der Waals surface area contributed by atoms with Gasteiger partial charge in [-0.05, 0) is 44.0 Å². The molecule has 2 amide bonds. The Labute approximate surface area is 231 Å². The number of aromatic nitrogens is 2. The smallest absolute Gasteiger partial charge is 0.307 e. The predicted molar refractivity (Wildman–Crippen MR) is 148 cm³/mol. The lowest BCUT2D eigenvalue weighted by molar-refractivity contribution is -0.148. The molecule has 0 aliphatic carbocycles. The summed E-state index contributed by atoms with van der Waals surface area (Å²) in [7, 11) is 0. The number of rotatable bonds is 8. The first-order chi connectivity index (χ1) is 19.2. The summed E-state index contributed by atoms with van der Waals surface area (Å²) in [6.07, 6.45) is 2.65. The van der Waals surface area contributed by atoms with Crippen molar-refractivity contribution in [2.45, 2.75) is 46.8 Å². The number of piperazine rings is 1. The monoisotopic (exact) mass is 548 g/mol. The van der Waals surface area contributed by atoms with E-state index in [1.165, 1.54) is 12.1 Å². The third kappa shape index (κ3) is 6.62. The van der Waals surface area contributed by atoms with Gasteiger partial charge in [-0.15, -0.1) is 0 Å². The normalized spacial score (nSPS) is 13.3. The standard InChI is InChI=1S/C30H33FN4O5/c1-4-7-28(37)40-19-35-30(39)23-9-6-5-8-22(23)26(32-35)18-21-10-11-25(31)24(17-21)29(38)34-14-12-33(13-15-34)27(36)16-20(2)3/h5-6,8-11,16-17H,4,7,12-15,18-19H2,1-3H3. The number of hydrogen-bond donors (Lipinski definition) is 0. The zero-order valence-corrected chi connectivity index (χ0v) is 23.0. The van der Waals surface area contributed by atoms with Gasteiger partial charge in [0.2, 0.25) is 5.91 Å². The van der Waals surface area contributed by atoms with Crippen molar-refractivity contribution >= 4 is 28.6 Å². The predicted octanol–water partition coefficient (Wildman–Crippen LogP) is 3.68. The van der Waals surface area contributed by atoms with Gasteiger partial charge in [0.05, 0.1) is 16.6 Å². The van der Waals surface area contributed by atoms with E-state index in [9.17, 15) is 23.6 Å². The molecule has 1 aliphatic rings. The summed E-state index contributed by atoms with van der Waals surface area (Å²) in [6, 6.07) is 11.3. The maximum Gasteiger partial charge on any atom is 0.307 e. The molecule has 0 N–H and O–H groups in total. The van der Waals surface area contributed by atoms with E-state index in [4.69, 9.17) is 4.74 Å². The van der Waals surface area contributed by atoms with E-state index in [1.54, 1.807) is 46.2 Å². The summed E-state index contributed by atoms with van der Waals surface area (Å²) >= 11 is 0. The molecule has 0 saturated carbocycles. The molecule has 0 unspecified atom stereocenters. The van der Waals surface area contributed by atoms with Gasteiger partial charge in [0.1, 0.15) is 5.82 Å². The molecule has 9 nitrogen and oxygen atoms in total. The number of benzene rings is 2. The highest BCUT2D eigenvalue weighted by Gasteiger charge is 2.26. The van der Waals surface area contributed by atoms with E-state index in [0.717, 1.165) is 10.3 Å². The zero-order chi connectivity index (χ0) is 28.8. The van der Waals surface area contributed by atoms with Crippen molar-refractivity contribution in [1.82, 2.24) is 19.6 Å². The van der Waals surface area contributed by atoms with Crippen LogP contribution in [0.2, 0.25) is 0 Å².